The van der Waals surface area contributed by atoms with Gasteiger partial charge in [-0.3, -0.25) is 48.9 Å². The van der Waals surface area contributed by atoms with Crippen molar-refractivity contribution in [2.45, 2.75) is 130 Å². The van der Waals surface area contributed by atoms with Gasteiger partial charge in [0.15, 0.2) is 5.60 Å². The molecule has 3 aromatic carbocycles. The topological polar surface area (TPSA) is 281 Å². The Kier molecular flexibility index (Phi) is 21.9. The molecule has 9 heterocycles. The Morgan fingerprint density at radius 3 is 1.90 bits per heavy atom. The number of esters is 2. The van der Waals surface area contributed by atoms with Gasteiger partial charge in [0.25, 0.3) is 11.5 Å². The molecule has 0 saturated carbocycles. The number of ether oxygens (including phenoxy) is 3. The molecule has 99 heavy (non-hydrogen) atoms. The van der Waals surface area contributed by atoms with Gasteiger partial charge in [0.05, 0.1) is 69.7 Å². The Labute approximate surface area is 572 Å². The molecule has 0 spiro atoms. The Bertz CT molecular complexity index is 4400. The molecule has 7 aromatic heterocycles. The summed E-state index contributed by atoms with van der Waals surface area (Å²) in [4.78, 5) is 107. The van der Waals surface area contributed by atoms with Crippen LogP contribution in [0.2, 0.25) is 0 Å². The molecule has 2 amide bonds. The fraction of sp³-hybridized carbons (Fsp3) is 0.303. The number of aromatic nitrogens is 9. The number of ketones is 1. The van der Waals surface area contributed by atoms with Crippen molar-refractivity contribution in [2.75, 3.05) is 19.7 Å². The Morgan fingerprint density at radius 2 is 1.28 bits per heavy atom. The summed E-state index contributed by atoms with van der Waals surface area (Å²) in [6, 6.07) is 43.2. The molecule has 1 atom stereocenters. The van der Waals surface area contributed by atoms with Crippen molar-refractivity contribution in [3.8, 4) is 22.9 Å². The van der Waals surface area contributed by atoms with Gasteiger partial charge in [0, 0.05) is 118 Å². The molecule has 0 aliphatic carbocycles. The number of aryl methyl sites for hydroxylation is 2. The van der Waals surface area contributed by atoms with E-state index in [1.54, 1.807) is 60.2 Å². The number of cyclic esters (lactones) is 1. The van der Waals surface area contributed by atoms with Gasteiger partial charge in [-0.1, -0.05) is 55.5 Å². The fourth-order valence-electron chi connectivity index (χ4n) is 12.7. The number of carbonyl (C=O) groups excluding carboxylic acids is 5. The molecular weight excluding hydrogens is 1250 g/mol. The van der Waals surface area contributed by atoms with Crippen molar-refractivity contribution in [2.24, 2.45) is 0 Å². The van der Waals surface area contributed by atoms with E-state index in [1.807, 2.05) is 105 Å². The number of hydrogen-bond donors (Lipinski definition) is 3. The normalized spacial score (nSPS) is 13.8. The molecule has 0 radical (unpaired) electrons. The number of hydrogen-bond acceptors (Lipinski definition) is 19. The first-order chi connectivity index (χ1) is 48.2. The van der Waals surface area contributed by atoms with Crippen molar-refractivity contribution in [1.82, 2.24) is 64.9 Å². The molecule has 3 N–H and O–H groups in total. The molecule has 23 nitrogen and oxygen atoms in total. The molecule has 2 aliphatic rings. The maximum atomic E-state index is 13.8. The lowest BCUT2D eigenvalue weighted by Crippen LogP contribution is -2.44. The number of amides is 2. The standard InChI is InChI=1S/C76H77N13O10/c1-3-63-64-39-61(26-27-68(64)83-71-65(63)48-89-69(71)40-67-66(73(89)93)50-98-75(95)76(67,96)4-2)99-74(94)54-18-16-17-53(38-54)72(92)82-33-32-81-70(91)49-88-47-59(84-85-88)24-25-60(90)23-6-5-15-34-97-62-36-51(41-86(43-55-19-7-11-28-77-55)44-56-20-8-12-29-78-56)35-52(37-62)42-87(45-57-21-9-13-30-79-57)46-58-22-10-14-31-80-58/h7-14,16-22,26-31,35-40,47,96H,3-6,15,23-25,32-34,41-46,48-50H2,1-2H3,(H,81,91)(H,82,92)/t76-/m1/s1. The van der Waals surface area contributed by atoms with Gasteiger partial charge >= 0.3 is 11.9 Å². The van der Waals surface area contributed by atoms with Crippen LogP contribution in [-0.4, -0.2) is 109 Å². The summed E-state index contributed by atoms with van der Waals surface area (Å²) in [5.41, 5.74) is 8.53. The lowest BCUT2D eigenvalue weighted by molar-refractivity contribution is -0.172. The minimum atomic E-state index is -1.95. The van der Waals surface area contributed by atoms with Crippen molar-refractivity contribution in [1.29, 1.82) is 0 Å². The number of rotatable bonds is 32. The van der Waals surface area contributed by atoms with Gasteiger partial charge in [-0.15, -0.1) is 5.10 Å². The van der Waals surface area contributed by atoms with Gasteiger partial charge in [-0.25, -0.2) is 19.3 Å². The third-order valence-electron chi connectivity index (χ3n) is 17.6. The van der Waals surface area contributed by atoms with E-state index in [-0.39, 0.29) is 84.5 Å². The number of pyridine rings is 6. The summed E-state index contributed by atoms with van der Waals surface area (Å²) < 4.78 is 20.6. The number of carbonyl (C=O) groups is 5. The van der Waals surface area contributed by atoms with Crippen molar-refractivity contribution in [3.63, 3.8) is 0 Å². The summed E-state index contributed by atoms with van der Waals surface area (Å²) >= 11 is 0. The average molecular weight is 1330 g/mol. The second-order valence-electron chi connectivity index (χ2n) is 24.8. The molecule has 23 heteroatoms. The van der Waals surface area contributed by atoms with Crippen molar-refractivity contribution >= 4 is 40.4 Å². The number of aliphatic hydroxyl groups is 1. The summed E-state index contributed by atoms with van der Waals surface area (Å²) in [6.45, 7) is 7.99. The number of nitrogens with zero attached hydrogens (tertiary/aromatic N) is 11. The first-order valence-corrected chi connectivity index (χ1v) is 33.5. The highest BCUT2D eigenvalue weighted by Gasteiger charge is 2.45. The third-order valence-corrected chi connectivity index (χ3v) is 17.6. The van der Waals surface area contributed by atoms with Gasteiger partial charge in [-0.2, -0.15) is 0 Å². The van der Waals surface area contributed by atoms with E-state index in [1.165, 1.54) is 10.7 Å². The monoisotopic (exact) mass is 1330 g/mol. The highest BCUT2D eigenvalue weighted by Crippen LogP contribution is 2.41. The van der Waals surface area contributed by atoms with E-state index in [9.17, 15) is 33.9 Å². The number of benzene rings is 3. The molecule has 10 aromatic rings. The predicted molar refractivity (Wildman–Crippen MR) is 367 cm³/mol. The Hall–Kier alpha value is -11.0. The van der Waals surface area contributed by atoms with Crippen molar-refractivity contribution in [3.05, 3.63) is 254 Å². The fourth-order valence-corrected chi connectivity index (χ4v) is 12.7. The largest absolute Gasteiger partial charge is 0.494 e. The molecule has 0 unspecified atom stereocenters. The van der Waals surface area contributed by atoms with Gasteiger partial charge in [0.2, 0.25) is 5.91 Å². The number of unbranched alkanes of at least 4 members (excludes halogenated alkanes) is 2. The van der Waals surface area contributed by atoms with Crippen LogP contribution >= 0.6 is 0 Å². The Balaban J connectivity index is 0.578. The summed E-state index contributed by atoms with van der Waals surface area (Å²) in [5, 5.41) is 25.9. The maximum Gasteiger partial charge on any atom is 0.343 e. The number of fused-ring (bicyclic) bond motifs is 5. The number of nitrogens with one attached hydrogen (secondary N) is 2. The second kappa shape index (κ2) is 31.9. The summed E-state index contributed by atoms with van der Waals surface area (Å²) in [5.74, 6) is -1.16. The second-order valence-corrected chi connectivity index (χ2v) is 24.8. The molecule has 2 aliphatic heterocycles. The molecule has 506 valence electrons. The van der Waals surface area contributed by atoms with E-state index in [2.05, 4.69) is 68.9 Å². The molecule has 0 saturated heterocycles. The van der Waals surface area contributed by atoms with Crippen LogP contribution in [0.3, 0.4) is 0 Å². The number of Topliss-reactive ketones (excluding diaryl/α,β-unsaturated/α-hetero) is 1. The minimum Gasteiger partial charge on any atom is -0.494 e. The van der Waals surface area contributed by atoms with Crippen LogP contribution in [0.4, 0.5) is 0 Å². The average Bonchev–Trinajstić information content (AvgIpc) is 1.62. The molecular formula is C76H77N13O10. The van der Waals surface area contributed by atoms with Crippen LogP contribution in [0.1, 0.15) is 135 Å². The molecule has 0 fully saturated rings. The Morgan fingerprint density at radius 1 is 0.646 bits per heavy atom. The zero-order valence-electron chi connectivity index (χ0n) is 55.3. The van der Waals surface area contributed by atoms with Crippen LogP contribution in [0.15, 0.2) is 175 Å². The first-order valence-electron chi connectivity index (χ1n) is 33.5. The van der Waals surface area contributed by atoms with Crippen LogP contribution in [0.5, 0.6) is 11.5 Å². The van der Waals surface area contributed by atoms with Crippen LogP contribution in [0, 0.1) is 0 Å². The van der Waals surface area contributed by atoms with Crippen LogP contribution in [0.25, 0.3) is 22.3 Å². The van der Waals surface area contributed by atoms with E-state index in [4.69, 9.17) is 19.2 Å². The lowest BCUT2D eigenvalue weighted by atomic mass is 9.86. The smallest absolute Gasteiger partial charge is 0.343 e. The van der Waals surface area contributed by atoms with Crippen LogP contribution < -0.4 is 25.7 Å². The van der Waals surface area contributed by atoms with Crippen molar-refractivity contribution < 1.29 is 43.3 Å². The van der Waals surface area contributed by atoms with Gasteiger partial charge in [0.1, 0.15) is 30.4 Å². The maximum absolute atomic E-state index is 13.8. The highest BCUT2D eigenvalue weighted by atomic mass is 16.6. The van der Waals surface area contributed by atoms with E-state index in [0.717, 1.165) is 69.0 Å². The zero-order valence-corrected chi connectivity index (χ0v) is 55.3. The highest BCUT2D eigenvalue weighted by molar-refractivity contribution is 5.99. The lowest BCUT2D eigenvalue weighted by Gasteiger charge is -2.31. The first kappa shape index (κ1) is 67.9. The summed E-state index contributed by atoms with van der Waals surface area (Å²) in [7, 11) is 0. The molecule has 12 rings (SSSR count). The minimum absolute atomic E-state index is 0.0311. The third kappa shape index (κ3) is 17.0. The molecule has 0 bridgehead atoms. The van der Waals surface area contributed by atoms with Gasteiger partial charge in [-0.05, 0) is 158 Å². The predicted octanol–water partition coefficient (Wildman–Crippen LogP) is 9.12. The van der Waals surface area contributed by atoms with Gasteiger partial charge < -0.3 is 34.5 Å². The SMILES string of the molecule is CCc1c2c(nc3ccc(OC(=O)c4cccc(C(=O)NCCNC(=O)Cn5cc(CCC(=O)CCCCCOc6cc(CN(Cc7ccccn7)Cc7ccccn7)cc(CN(Cc7ccccn7)Cc7ccccn7)c6)nn5)c4)cc13)-c1cc3c(c(=O)n1C2)COC(=O)[C@@]3(O)CC. The zero-order chi connectivity index (χ0) is 68.7. The van der Waals surface area contributed by atoms with E-state index < -0.39 is 23.4 Å². The summed E-state index contributed by atoms with van der Waals surface area (Å²) in [6.07, 6.45) is 12.9. The van der Waals surface area contributed by atoms with Crippen LogP contribution in [-0.2, 0) is 96.5 Å². The van der Waals surface area contributed by atoms with E-state index >= 15 is 0 Å². The quantitative estimate of drug-likeness (QED) is 0.0201. The van der Waals surface area contributed by atoms with E-state index in [0.29, 0.717) is 101 Å².